The molecule has 0 bridgehead atoms. The van der Waals surface area contributed by atoms with Crippen LogP contribution in [-0.4, -0.2) is 23.2 Å². The SMILES string of the molecule is C[C@H]1C[C@H]2NC(=O)C=C[C@]2(C)[C@H]2CC[C@]3(C)[C@@H](O)CC[C@H]3[C@H]12. The molecule has 0 aromatic heterocycles. The molecule has 4 rings (SSSR count). The second kappa shape index (κ2) is 4.59. The number of hydrogen-bond acceptors (Lipinski definition) is 2. The number of hydrogen-bond donors (Lipinski definition) is 2. The fraction of sp³-hybridized carbons (Fsp3) is 0.842. The minimum absolute atomic E-state index is 0.0741. The Hall–Kier alpha value is -0.830. The number of rotatable bonds is 0. The maximum absolute atomic E-state index is 11.8. The molecule has 4 aliphatic rings. The van der Waals surface area contributed by atoms with Gasteiger partial charge in [0.25, 0.3) is 0 Å². The summed E-state index contributed by atoms with van der Waals surface area (Å²) in [6, 6.07) is 0.289. The molecule has 3 heteroatoms. The van der Waals surface area contributed by atoms with Gasteiger partial charge in [0.2, 0.25) is 5.91 Å². The Morgan fingerprint density at radius 1 is 1.23 bits per heavy atom. The second-order valence-corrected chi connectivity index (χ2v) is 8.90. The quantitative estimate of drug-likeness (QED) is 0.723. The molecular weight excluding hydrogens is 274 g/mol. The molecule has 122 valence electrons. The van der Waals surface area contributed by atoms with Gasteiger partial charge in [-0.1, -0.05) is 26.8 Å². The van der Waals surface area contributed by atoms with Crippen molar-refractivity contribution in [3.05, 3.63) is 12.2 Å². The van der Waals surface area contributed by atoms with Crippen molar-refractivity contribution in [2.24, 2.45) is 34.5 Å². The van der Waals surface area contributed by atoms with Crippen molar-refractivity contribution in [3.63, 3.8) is 0 Å². The van der Waals surface area contributed by atoms with Crippen molar-refractivity contribution >= 4 is 5.91 Å². The second-order valence-electron chi connectivity index (χ2n) is 8.90. The molecule has 3 saturated carbocycles. The van der Waals surface area contributed by atoms with Crippen LogP contribution in [0.15, 0.2) is 12.2 Å². The van der Waals surface area contributed by atoms with Gasteiger partial charge in [-0.2, -0.15) is 0 Å². The van der Waals surface area contributed by atoms with Gasteiger partial charge in [0, 0.05) is 11.5 Å². The molecule has 1 heterocycles. The van der Waals surface area contributed by atoms with Crippen molar-refractivity contribution < 1.29 is 9.90 Å². The van der Waals surface area contributed by atoms with Crippen molar-refractivity contribution in [3.8, 4) is 0 Å². The number of amides is 1. The predicted octanol–water partition coefficient (Wildman–Crippen LogP) is 2.89. The average molecular weight is 303 g/mol. The van der Waals surface area contributed by atoms with E-state index in [-0.39, 0.29) is 28.9 Å². The largest absolute Gasteiger partial charge is 0.393 e. The van der Waals surface area contributed by atoms with Gasteiger partial charge in [0.1, 0.15) is 0 Å². The molecule has 0 unspecified atom stereocenters. The Morgan fingerprint density at radius 2 is 2.00 bits per heavy atom. The van der Waals surface area contributed by atoms with E-state index in [1.165, 1.54) is 12.8 Å². The predicted molar refractivity (Wildman–Crippen MR) is 86.0 cm³/mol. The summed E-state index contributed by atoms with van der Waals surface area (Å²) < 4.78 is 0. The van der Waals surface area contributed by atoms with E-state index < -0.39 is 0 Å². The van der Waals surface area contributed by atoms with Crippen LogP contribution in [0, 0.1) is 34.5 Å². The van der Waals surface area contributed by atoms with E-state index in [1.807, 2.05) is 0 Å². The van der Waals surface area contributed by atoms with E-state index in [4.69, 9.17) is 0 Å². The van der Waals surface area contributed by atoms with Crippen molar-refractivity contribution in [1.82, 2.24) is 5.32 Å². The molecule has 2 N–H and O–H groups in total. The van der Waals surface area contributed by atoms with Crippen LogP contribution in [0.2, 0.25) is 0 Å². The zero-order valence-corrected chi connectivity index (χ0v) is 14.0. The third kappa shape index (κ3) is 1.75. The summed E-state index contributed by atoms with van der Waals surface area (Å²) in [4.78, 5) is 11.8. The molecule has 8 atom stereocenters. The van der Waals surface area contributed by atoms with E-state index >= 15 is 0 Å². The van der Waals surface area contributed by atoms with Gasteiger partial charge in [-0.05, 0) is 67.3 Å². The van der Waals surface area contributed by atoms with E-state index in [0.29, 0.717) is 23.7 Å². The van der Waals surface area contributed by atoms with Crippen LogP contribution < -0.4 is 5.32 Å². The van der Waals surface area contributed by atoms with Gasteiger partial charge in [-0.25, -0.2) is 0 Å². The highest BCUT2D eigenvalue weighted by molar-refractivity contribution is 5.89. The Morgan fingerprint density at radius 3 is 2.77 bits per heavy atom. The Balaban J connectivity index is 1.73. The summed E-state index contributed by atoms with van der Waals surface area (Å²) in [6.45, 7) is 7.05. The molecule has 0 spiro atoms. The molecule has 3 fully saturated rings. The van der Waals surface area contributed by atoms with Crippen molar-refractivity contribution in [2.75, 3.05) is 0 Å². The van der Waals surface area contributed by atoms with Gasteiger partial charge in [-0.15, -0.1) is 0 Å². The monoisotopic (exact) mass is 303 g/mol. The smallest absolute Gasteiger partial charge is 0.243 e. The molecule has 0 aromatic carbocycles. The fourth-order valence-corrected chi connectivity index (χ4v) is 6.66. The molecule has 3 aliphatic carbocycles. The van der Waals surface area contributed by atoms with Crippen LogP contribution in [-0.2, 0) is 4.79 Å². The first-order valence-corrected chi connectivity index (χ1v) is 9.04. The first-order valence-electron chi connectivity index (χ1n) is 9.04. The number of aliphatic hydroxyl groups is 1. The lowest BCUT2D eigenvalue weighted by molar-refractivity contribution is -0.127. The summed E-state index contributed by atoms with van der Waals surface area (Å²) in [6.07, 6.45) is 9.40. The first kappa shape index (κ1) is 14.7. The molecule has 1 aliphatic heterocycles. The summed E-state index contributed by atoms with van der Waals surface area (Å²) in [5.74, 6) is 2.69. The Labute approximate surface area is 133 Å². The molecule has 22 heavy (non-hydrogen) atoms. The lowest BCUT2D eigenvalue weighted by Crippen LogP contribution is -2.61. The minimum Gasteiger partial charge on any atom is -0.393 e. The minimum atomic E-state index is -0.113. The summed E-state index contributed by atoms with van der Waals surface area (Å²) in [5.41, 5.74) is 0.222. The molecule has 0 radical (unpaired) electrons. The number of carbonyl (C=O) groups excluding carboxylic acids is 1. The fourth-order valence-electron chi connectivity index (χ4n) is 6.66. The van der Waals surface area contributed by atoms with Crippen LogP contribution >= 0.6 is 0 Å². The van der Waals surface area contributed by atoms with Gasteiger partial charge >= 0.3 is 0 Å². The van der Waals surface area contributed by atoms with Gasteiger partial charge in [0.15, 0.2) is 0 Å². The summed E-state index contributed by atoms with van der Waals surface area (Å²) in [7, 11) is 0. The number of fused-ring (bicyclic) bond motifs is 5. The van der Waals surface area contributed by atoms with E-state index in [0.717, 1.165) is 19.3 Å². The highest BCUT2D eigenvalue weighted by Crippen LogP contribution is 2.64. The first-order chi connectivity index (χ1) is 10.4. The zero-order chi connectivity index (χ0) is 15.7. The third-order valence-corrected chi connectivity index (χ3v) is 8.01. The number of nitrogens with one attached hydrogen (secondary N) is 1. The molecular formula is C19H29NO2. The van der Waals surface area contributed by atoms with Crippen molar-refractivity contribution in [2.45, 2.75) is 65.0 Å². The van der Waals surface area contributed by atoms with E-state index in [2.05, 4.69) is 32.2 Å². The van der Waals surface area contributed by atoms with Gasteiger partial charge in [0.05, 0.1) is 6.10 Å². The topological polar surface area (TPSA) is 49.3 Å². The lowest BCUT2D eigenvalue weighted by atomic mass is 9.46. The Kier molecular flexibility index (Phi) is 3.08. The Bertz CT molecular complexity index is 530. The van der Waals surface area contributed by atoms with E-state index in [9.17, 15) is 9.90 Å². The normalized spacial score (nSPS) is 56.8. The van der Waals surface area contributed by atoms with Gasteiger partial charge in [-0.3, -0.25) is 4.79 Å². The van der Waals surface area contributed by atoms with Gasteiger partial charge < -0.3 is 10.4 Å². The molecule has 0 saturated heterocycles. The third-order valence-electron chi connectivity index (χ3n) is 8.01. The van der Waals surface area contributed by atoms with Crippen LogP contribution in [0.3, 0.4) is 0 Å². The molecule has 3 nitrogen and oxygen atoms in total. The zero-order valence-electron chi connectivity index (χ0n) is 14.0. The highest BCUT2D eigenvalue weighted by Gasteiger charge is 2.61. The van der Waals surface area contributed by atoms with Crippen molar-refractivity contribution in [1.29, 1.82) is 0 Å². The summed E-state index contributed by atoms with van der Waals surface area (Å²) in [5, 5.41) is 13.7. The van der Waals surface area contributed by atoms with Crippen LogP contribution in [0.4, 0.5) is 0 Å². The molecule has 1 amide bonds. The van der Waals surface area contributed by atoms with E-state index in [1.54, 1.807) is 6.08 Å². The standard InChI is InChI=1S/C19H29NO2/c1-11-10-14-18(2,9-7-16(22)20-14)13-6-8-19(3)12(17(11)13)4-5-15(19)21/h7,9,11-15,17,21H,4-6,8,10H2,1-3H3,(H,20,22)/t11-,12-,13-,14+,15-,17-,18+,19-/m0/s1. The number of carbonyl (C=O) groups is 1. The van der Waals surface area contributed by atoms with Crippen LogP contribution in [0.5, 0.6) is 0 Å². The highest BCUT2D eigenvalue weighted by atomic mass is 16.3. The maximum Gasteiger partial charge on any atom is 0.243 e. The van der Waals surface area contributed by atoms with Crippen LogP contribution in [0.25, 0.3) is 0 Å². The number of aliphatic hydroxyl groups excluding tert-OH is 1. The van der Waals surface area contributed by atoms with Crippen LogP contribution in [0.1, 0.15) is 52.9 Å². The molecule has 0 aromatic rings. The maximum atomic E-state index is 11.8. The summed E-state index contributed by atoms with van der Waals surface area (Å²) >= 11 is 0. The lowest BCUT2D eigenvalue weighted by Gasteiger charge is -2.60. The average Bonchev–Trinajstić information content (AvgIpc) is 2.77.